The van der Waals surface area contributed by atoms with Gasteiger partial charge in [-0.25, -0.2) is 0 Å². The smallest absolute Gasteiger partial charge is 0.258 e. The van der Waals surface area contributed by atoms with E-state index in [9.17, 15) is 50.6 Å². The van der Waals surface area contributed by atoms with Gasteiger partial charge < -0.3 is 0 Å². The van der Waals surface area contributed by atoms with E-state index in [4.69, 9.17) is 0 Å². The van der Waals surface area contributed by atoms with Crippen molar-refractivity contribution in [3.05, 3.63) is 92.0 Å². The maximum Gasteiger partial charge on any atom is 0.422 e. The highest BCUT2D eigenvalue weighted by molar-refractivity contribution is 5.68. The van der Waals surface area contributed by atoms with Gasteiger partial charge in [-0.2, -0.15) is 0 Å². The molecule has 0 bridgehead atoms. The van der Waals surface area contributed by atoms with Crippen LogP contribution in [0.25, 0.3) is 0 Å². The number of hydrogen-bond donors (Lipinski definition) is 0. The van der Waals surface area contributed by atoms with Gasteiger partial charge in [0.2, 0.25) is 0 Å². The van der Waals surface area contributed by atoms with E-state index < -0.39 is 53.1 Å². The molecule has 0 fully saturated rings. The molecule has 0 unspecified atom stereocenters. The summed E-state index contributed by atoms with van der Waals surface area (Å²) in [7, 11) is 0. The first-order chi connectivity index (χ1) is 13.4. The van der Waals surface area contributed by atoms with E-state index in [2.05, 4.69) is 0 Å². The monoisotopic (exact) mass is 409 g/mol. The van der Waals surface area contributed by atoms with Crippen molar-refractivity contribution < 1.29 is 24.6 Å². The average molecular weight is 409 g/mol. The lowest BCUT2D eigenvalue weighted by atomic mass is 10.1. The Balaban J connectivity index is 0.000000296. The van der Waals surface area contributed by atoms with Crippen LogP contribution in [-0.2, 0) is 0 Å². The summed E-state index contributed by atoms with van der Waals surface area (Å²) < 4.78 is 0. The first-order valence-electron chi connectivity index (χ1n) is 7.35. The molecule has 0 saturated carbocycles. The maximum absolute atomic E-state index is 10.6. The standard InChI is InChI=1S/C7H5N3O6.C7H6N2O4/c1-4-2-3-5(8(11)12)7(10(15)16)6(4)9(13)14;1-5-3-2-4-6(8(10)11)7(5)9(12)13/h2-3H,1H3;2-4H,1H3. The second-order valence-electron chi connectivity index (χ2n) is 5.33. The van der Waals surface area contributed by atoms with Crippen LogP contribution < -0.4 is 0 Å². The molecular formula is C14H11N5O10. The third-order valence-electron chi connectivity index (χ3n) is 3.49. The van der Waals surface area contributed by atoms with Gasteiger partial charge in [-0.1, -0.05) is 12.1 Å². The average Bonchev–Trinajstić information content (AvgIpc) is 2.60. The van der Waals surface area contributed by atoms with Gasteiger partial charge >= 0.3 is 28.4 Å². The van der Waals surface area contributed by atoms with E-state index in [0.29, 0.717) is 5.56 Å². The molecule has 0 aliphatic rings. The van der Waals surface area contributed by atoms with Crippen molar-refractivity contribution in [3.8, 4) is 0 Å². The van der Waals surface area contributed by atoms with Crippen LogP contribution in [0.2, 0.25) is 0 Å². The van der Waals surface area contributed by atoms with Gasteiger partial charge in [0.1, 0.15) is 0 Å². The second-order valence-corrected chi connectivity index (χ2v) is 5.33. The fourth-order valence-corrected chi connectivity index (χ4v) is 2.26. The van der Waals surface area contributed by atoms with Gasteiger partial charge in [-0.05, 0) is 19.9 Å². The van der Waals surface area contributed by atoms with E-state index in [1.165, 1.54) is 26.0 Å². The zero-order valence-electron chi connectivity index (χ0n) is 14.7. The van der Waals surface area contributed by atoms with Gasteiger partial charge in [0.25, 0.3) is 0 Å². The highest BCUT2D eigenvalue weighted by atomic mass is 16.7. The van der Waals surface area contributed by atoms with Gasteiger partial charge in [0, 0.05) is 23.3 Å². The molecular weight excluding hydrogens is 398 g/mol. The topological polar surface area (TPSA) is 216 Å². The number of hydrogen-bond acceptors (Lipinski definition) is 10. The van der Waals surface area contributed by atoms with Crippen LogP contribution >= 0.6 is 0 Å². The minimum atomic E-state index is -1.12. The highest BCUT2D eigenvalue weighted by Gasteiger charge is 2.37. The van der Waals surface area contributed by atoms with Crippen molar-refractivity contribution in [1.82, 2.24) is 0 Å². The lowest BCUT2D eigenvalue weighted by Gasteiger charge is -1.98. The summed E-state index contributed by atoms with van der Waals surface area (Å²) in [5, 5.41) is 52.5. The second kappa shape index (κ2) is 8.89. The van der Waals surface area contributed by atoms with Crippen molar-refractivity contribution in [3.63, 3.8) is 0 Å². The predicted octanol–water partition coefficient (Wildman–Crippen LogP) is 3.53. The summed E-state index contributed by atoms with van der Waals surface area (Å²) in [5.41, 5.74) is -3.43. The summed E-state index contributed by atoms with van der Waals surface area (Å²) >= 11 is 0. The van der Waals surface area contributed by atoms with Crippen molar-refractivity contribution in [1.29, 1.82) is 0 Å². The van der Waals surface area contributed by atoms with Crippen molar-refractivity contribution in [2.75, 3.05) is 0 Å². The summed E-state index contributed by atoms with van der Waals surface area (Å²) in [6.07, 6.45) is 0. The number of nitro benzene ring substituents is 5. The molecule has 0 aliphatic carbocycles. The highest BCUT2D eigenvalue weighted by Crippen LogP contribution is 2.38. The Hall–Kier alpha value is -4.56. The molecule has 15 heteroatoms. The van der Waals surface area contributed by atoms with Gasteiger partial charge in [-0.3, -0.25) is 50.6 Å². The molecule has 2 rings (SSSR count). The van der Waals surface area contributed by atoms with Crippen LogP contribution in [0.15, 0.2) is 30.3 Å². The Bertz CT molecular complexity index is 1040. The molecule has 0 amide bonds. The third-order valence-corrected chi connectivity index (χ3v) is 3.49. The Morgan fingerprint density at radius 2 is 0.931 bits per heavy atom. The first-order valence-corrected chi connectivity index (χ1v) is 7.35. The number of rotatable bonds is 5. The Kier molecular flexibility index (Phi) is 6.89. The molecule has 0 radical (unpaired) electrons. The summed E-state index contributed by atoms with van der Waals surface area (Å²) in [5.74, 6) is 0. The SMILES string of the molecule is Cc1ccc([N+](=O)[O-])c([N+](=O)[O-])c1[N+](=O)[O-].Cc1cccc([N+](=O)[O-])c1[N+](=O)[O-]. The molecule has 0 heterocycles. The molecule has 29 heavy (non-hydrogen) atoms. The zero-order valence-corrected chi connectivity index (χ0v) is 14.7. The first kappa shape index (κ1) is 22.5. The van der Waals surface area contributed by atoms with Crippen molar-refractivity contribution in [2.45, 2.75) is 13.8 Å². The lowest BCUT2D eigenvalue weighted by molar-refractivity contribution is -0.441. The molecule has 2 aromatic carbocycles. The summed E-state index contributed by atoms with van der Waals surface area (Å²) in [4.78, 5) is 47.9. The van der Waals surface area contributed by atoms with Crippen molar-refractivity contribution in [2.24, 2.45) is 0 Å². The fraction of sp³-hybridized carbons (Fsp3) is 0.143. The Morgan fingerprint density at radius 3 is 1.31 bits per heavy atom. The van der Waals surface area contributed by atoms with Gasteiger partial charge in [0.05, 0.1) is 24.6 Å². The van der Waals surface area contributed by atoms with Crippen LogP contribution in [0.4, 0.5) is 28.4 Å². The molecule has 0 atom stereocenters. The molecule has 152 valence electrons. The molecule has 0 spiro atoms. The normalized spacial score (nSPS) is 9.72. The molecule has 0 N–H and O–H groups in total. The zero-order chi connectivity index (χ0) is 22.5. The fourth-order valence-electron chi connectivity index (χ4n) is 2.26. The molecule has 15 nitrogen and oxygen atoms in total. The van der Waals surface area contributed by atoms with Crippen molar-refractivity contribution >= 4 is 28.4 Å². The van der Waals surface area contributed by atoms with Crippen LogP contribution in [0.5, 0.6) is 0 Å². The minimum absolute atomic E-state index is 0.00213. The largest absolute Gasteiger partial charge is 0.422 e. The predicted molar refractivity (Wildman–Crippen MR) is 95.6 cm³/mol. The van der Waals surface area contributed by atoms with E-state index in [-0.39, 0.29) is 5.56 Å². The van der Waals surface area contributed by atoms with Crippen LogP contribution in [0.3, 0.4) is 0 Å². The Morgan fingerprint density at radius 1 is 0.517 bits per heavy atom. The molecule has 0 aromatic heterocycles. The van der Waals surface area contributed by atoms with E-state index in [1.54, 1.807) is 0 Å². The van der Waals surface area contributed by atoms with Crippen LogP contribution in [0.1, 0.15) is 11.1 Å². The van der Waals surface area contributed by atoms with E-state index in [0.717, 1.165) is 18.2 Å². The number of para-hydroxylation sites is 1. The number of nitrogens with zero attached hydrogens (tertiary/aromatic N) is 5. The van der Waals surface area contributed by atoms with Crippen LogP contribution in [0, 0.1) is 64.4 Å². The van der Waals surface area contributed by atoms with E-state index in [1.807, 2.05) is 0 Å². The molecule has 2 aromatic rings. The number of aryl methyl sites for hydroxylation is 2. The number of benzene rings is 2. The third kappa shape index (κ3) is 5.00. The summed E-state index contributed by atoms with van der Waals surface area (Å²) in [6, 6.07) is 5.97. The minimum Gasteiger partial charge on any atom is -0.258 e. The molecule has 0 saturated heterocycles. The van der Waals surface area contributed by atoms with Gasteiger partial charge in [0.15, 0.2) is 0 Å². The molecule has 0 aliphatic heterocycles. The maximum atomic E-state index is 10.6. The quantitative estimate of drug-likeness (QED) is 0.516. The van der Waals surface area contributed by atoms with E-state index >= 15 is 0 Å². The lowest BCUT2D eigenvalue weighted by Crippen LogP contribution is -2.02. The summed E-state index contributed by atoms with van der Waals surface area (Å²) in [6.45, 7) is 2.74. The Labute approximate surface area is 159 Å². The number of nitro groups is 5. The van der Waals surface area contributed by atoms with Crippen LogP contribution in [-0.4, -0.2) is 24.6 Å². The van der Waals surface area contributed by atoms with Gasteiger partial charge in [-0.15, -0.1) is 0 Å².